The summed E-state index contributed by atoms with van der Waals surface area (Å²) in [5, 5.41) is 4.00. The van der Waals surface area contributed by atoms with Crippen molar-refractivity contribution in [2.24, 2.45) is 0 Å². The summed E-state index contributed by atoms with van der Waals surface area (Å²) in [7, 11) is 1.57. The molecule has 1 aliphatic rings. The number of hydroxylamine groups is 1. The number of para-hydroxylation sites is 2. The summed E-state index contributed by atoms with van der Waals surface area (Å²) in [5.41, 5.74) is 0.591. The lowest BCUT2D eigenvalue weighted by atomic mass is 10.0. The number of benzene rings is 2. The molecule has 1 heterocycles. The second kappa shape index (κ2) is 9.28. The molecule has 2 amide bonds. The molecule has 0 bridgehead atoms. The highest BCUT2D eigenvalue weighted by atomic mass is 16.7. The van der Waals surface area contributed by atoms with Gasteiger partial charge in [0, 0.05) is 26.0 Å². The topological polar surface area (TPSA) is 96.0 Å². The summed E-state index contributed by atoms with van der Waals surface area (Å²) in [6.45, 7) is 8.60. The number of amides is 2. The highest BCUT2D eigenvalue weighted by Crippen LogP contribution is 2.30. The maximum Gasteiger partial charge on any atom is 0.329 e. The molecule has 8 nitrogen and oxygen atoms in total. The van der Waals surface area contributed by atoms with Crippen molar-refractivity contribution in [3.05, 3.63) is 72.3 Å². The molecule has 0 aliphatic carbocycles. The van der Waals surface area contributed by atoms with Crippen LogP contribution in [-0.2, 0) is 14.4 Å². The molecule has 0 spiro atoms. The third-order valence-corrected chi connectivity index (χ3v) is 5.50. The van der Waals surface area contributed by atoms with E-state index in [0.29, 0.717) is 16.9 Å². The van der Waals surface area contributed by atoms with Gasteiger partial charge in [-0.2, -0.15) is 5.06 Å². The Bertz CT molecular complexity index is 1120. The molecule has 8 heteroatoms. The van der Waals surface area contributed by atoms with Crippen LogP contribution in [0.2, 0.25) is 0 Å². The van der Waals surface area contributed by atoms with Gasteiger partial charge in [0.25, 0.3) is 5.91 Å². The van der Waals surface area contributed by atoms with Gasteiger partial charge in [-0.05, 0) is 38.1 Å². The third kappa shape index (κ3) is 4.79. The van der Waals surface area contributed by atoms with Crippen LogP contribution >= 0.6 is 0 Å². The molecule has 172 valence electrons. The molecule has 2 aromatic carbocycles. The Labute approximate surface area is 192 Å². The van der Waals surface area contributed by atoms with E-state index < -0.39 is 29.4 Å². The Kier molecular flexibility index (Phi) is 6.67. The fraction of sp³-hybridized carbons (Fsp3) is 0.280. The van der Waals surface area contributed by atoms with Gasteiger partial charge in [0.15, 0.2) is 5.78 Å². The molecule has 2 aromatic rings. The zero-order chi connectivity index (χ0) is 24.3. The second-order valence-electron chi connectivity index (χ2n) is 8.32. The monoisotopic (exact) mass is 449 g/mol. The van der Waals surface area contributed by atoms with Gasteiger partial charge in [0.05, 0.1) is 22.5 Å². The molecule has 0 unspecified atom stereocenters. The predicted molar refractivity (Wildman–Crippen MR) is 125 cm³/mol. The van der Waals surface area contributed by atoms with E-state index in [1.807, 2.05) is 0 Å². The maximum absolute atomic E-state index is 13.3. The lowest BCUT2D eigenvalue weighted by molar-refractivity contribution is -0.144. The standard InChI is InChI=1S/C25H27N3O5/c1-6-25(3,4)28(33-16(2)29)21-14-10-8-12-18(21)23(31)26-19-15-22(30)17-11-7-9-13-20(17)27(5)24(19)32/h6-14,19H,1,15H2,2-5H3,(H,26,31)/t19-/m0/s1. The highest BCUT2D eigenvalue weighted by molar-refractivity contribution is 6.13. The zero-order valence-electron chi connectivity index (χ0n) is 19.1. The van der Waals surface area contributed by atoms with Gasteiger partial charge >= 0.3 is 5.97 Å². The Morgan fingerprint density at radius 3 is 2.45 bits per heavy atom. The van der Waals surface area contributed by atoms with Crippen molar-refractivity contribution in [3.63, 3.8) is 0 Å². The number of carbonyl (C=O) groups excluding carboxylic acids is 4. The summed E-state index contributed by atoms with van der Waals surface area (Å²) in [5.74, 6) is -1.78. The summed E-state index contributed by atoms with van der Waals surface area (Å²) >= 11 is 0. The minimum atomic E-state index is -1.05. The van der Waals surface area contributed by atoms with Crippen molar-refractivity contribution in [3.8, 4) is 0 Å². The number of carbonyl (C=O) groups is 4. The molecular formula is C25H27N3O5. The Morgan fingerprint density at radius 2 is 1.79 bits per heavy atom. The number of likely N-dealkylation sites (N-methyl/N-ethyl adjacent to an activating group) is 1. The fourth-order valence-corrected chi connectivity index (χ4v) is 3.62. The average molecular weight is 450 g/mol. The van der Waals surface area contributed by atoms with Gasteiger partial charge in [-0.25, -0.2) is 0 Å². The number of fused-ring (bicyclic) bond motifs is 1. The van der Waals surface area contributed by atoms with Crippen LogP contribution in [-0.4, -0.2) is 42.2 Å². The van der Waals surface area contributed by atoms with Crippen LogP contribution in [0, 0.1) is 0 Å². The summed E-state index contributed by atoms with van der Waals surface area (Å²) < 4.78 is 0. The smallest absolute Gasteiger partial charge is 0.329 e. The molecule has 1 aliphatic heterocycles. The Morgan fingerprint density at radius 1 is 1.15 bits per heavy atom. The van der Waals surface area contributed by atoms with E-state index in [-0.39, 0.29) is 17.8 Å². The highest BCUT2D eigenvalue weighted by Gasteiger charge is 2.35. The second-order valence-corrected chi connectivity index (χ2v) is 8.32. The van der Waals surface area contributed by atoms with Crippen LogP contribution in [0.3, 0.4) is 0 Å². The molecule has 1 N–H and O–H groups in total. The Balaban J connectivity index is 1.94. The lowest BCUT2D eigenvalue weighted by Crippen LogP contribution is -2.48. The first-order chi connectivity index (χ1) is 15.6. The van der Waals surface area contributed by atoms with Gasteiger partial charge in [-0.1, -0.05) is 30.3 Å². The van der Waals surface area contributed by atoms with Crippen LogP contribution in [0.15, 0.2) is 61.2 Å². The van der Waals surface area contributed by atoms with Crippen LogP contribution in [0.25, 0.3) is 0 Å². The zero-order valence-corrected chi connectivity index (χ0v) is 19.1. The Hall–Kier alpha value is -3.94. The van der Waals surface area contributed by atoms with Gasteiger partial charge in [0.1, 0.15) is 6.04 Å². The van der Waals surface area contributed by atoms with Crippen molar-refractivity contribution in [1.29, 1.82) is 0 Å². The molecule has 0 saturated carbocycles. The minimum absolute atomic E-state index is 0.167. The predicted octanol–water partition coefficient (Wildman–Crippen LogP) is 3.28. The van der Waals surface area contributed by atoms with E-state index in [4.69, 9.17) is 4.84 Å². The van der Waals surface area contributed by atoms with Crippen molar-refractivity contribution in [1.82, 2.24) is 5.32 Å². The van der Waals surface area contributed by atoms with Crippen molar-refractivity contribution >= 4 is 34.9 Å². The first kappa shape index (κ1) is 23.7. The lowest BCUT2D eigenvalue weighted by Gasteiger charge is -2.36. The van der Waals surface area contributed by atoms with Crippen LogP contribution in [0.5, 0.6) is 0 Å². The molecular weight excluding hydrogens is 422 g/mol. The SMILES string of the molecule is C=CC(C)(C)N(OC(C)=O)c1ccccc1C(=O)N[C@H]1CC(=O)c2ccccc2N(C)C1=O. The average Bonchev–Trinajstić information content (AvgIpc) is 2.88. The molecule has 33 heavy (non-hydrogen) atoms. The molecule has 1 atom stereocenters. The summed E-state index contributed by atoms with van der Waals surface area (Å²) in [6.07, 6.45) is 1.42. The van der Waals surface area contributed by atoms with Gasteiger partial charge in [-0.15, -0.1) is 6.58 Å². The minimum Gasteiger partial charge on any atom is -0.340 e. The number of nitrogens with one attached hydrogen (secondary N) is 1. The van der Waals surface area contributed by atoms with E-state index in [9.17, 15) is 19.2 Å². The molecule has 0 radical (unpaired) electrons. The molecule has 0 fully saturated rings. The third-order valence-electron chi connectivity index (χ3n) is 5.50. The number of hydrogen-bond acceptors (Lipinski definition) is 6. The molecule has 3 rings (SSSR count). The number of hydrogen-bond donors (Lipinski definition) is 1. The van der Waals surface area contributed by atoms with Crippen molar-refractivity contribution in [2.45, 2.75) is 38.8 Å². The number of rotatable bonds is 6. The quantitative estimate of drug-likeness (QED) is 0.537. The number of ketones is 1. The van der Waals surface area contributed by atoms with E-state index in [0.717, 1.165) is 0 Å². The molecule has 0 saturated heterocycles. The first-order valence-corrected chi connectivity index (χ1v) is 10.5. The van der Waals surface area contributed by atoms with Crippen LogP contribution in [0.4, 0.5) is 11.4 Å². The van der Waals surface area contributed by atoms with Gasteiger partial charge in [-0.3, -0.25) is 19.2 Å². The normalized spacial score (nSPS) is 15.9. The number of anilines is 2. The van der Waals surface area contributed by atoms with Crippen molar-refractivity contribution < 1.29 is 24.0 Å². The van der Waals surface area contributed by atoms with Crippen LogP contribution < -0.4 is 15.3 Å². The van der Waals surface area contributed by atoms with E-state index in [1.165, 1.54) is 16.9 Å². The maximum atomic E-state index is 13.3. The van der Waals surface area contributed by atoms with Gasteiger partial charge in [0.2, 0.25) is 5.91 Å². The largest absolute Gasteiger partial charge is 0.340 e. The number of Topliss-reactive ketones (excluding diaryl/α,β-unsaturated/α-hetero) is 1. The molecule has 0 aromatic heterocycles. The van der Waals surface area contributed by atoms with Gasteiger partial charge < -0.3 is 15.1 Å². The van der Waals surface area contributed by atoms with Crippen molar-refractivity contribution in [2.75, 3.05) is 17.0 Å². The van der Waals surface area contributed by atoms with E-state index >= 15 is 0 Å². The van der Waals surface area contributed by atoms with Crippen LogP contribution in [0.1, 0.15) is 47.9 Å². The van der Waals surface area contributed by atoms with E-state index in [1.54, 1.807) is 75.5 Å². The fourth-order valence-electron chi connectivity index (χ4n) is 3.62. The summed E-state index contributed by atoms with van der Waals surface area (Å²) in [4.78, 5) is 57.7. The summed E-state index contributed by atoms with van der Waals surface area (Å²) in [6, 6.07) is 12.3. The number of nitrogens with zero attached hydrogens (tertiary/aromatic N) is 2. The van der Waals surface area contributed by atoms with E-state index in [2.05, 4.69) is 11.9 Å². The first-order valence-electron chi connectivity index (χ1n) is 10.5.